The van der Waals surface area contributed by atoms with Gasteiger partial charge in [-0.15, -0.1) is 0 Å². The standard InChI is InChI=1S/C23H24Cl2N4O3/c1-2-3-11-28(19(30)12-16-9-10-17(24)13-18(16)25)20-21(26)29(23(32)27-22(20)31)14-15-7-5-4-6-8-15/h4-10,13H,2-3,11-12,14,26H2,1H3,(H,27,31,32). The van der Waals surface area contributed by atoms with Crippen LogP contribution in [0.4, 0.5) is 11.5 Å². The number of aromatic amines is 1. The molecule has 3 rings (SSSR count). The number of hydrogen-bond donors (Lipinski definition) is 2. The second kappa shape index (κ2) is 10.5. The number of benzene rings is 2. The van der Waals surface area contributed by atoms with E-state index in [0.29, 0.717) is 22.0 Å². The zero-order valence-corrected chi connectivity index (χ0v) is 19.1. The Morgan fingerprint density at radius 3 is 2.50 bits per heavy atom. The first-order chi connectivity index (χ1) is 15.3. The van der Waals surface area contributed by atoms with Crippen molar-refractivity contribution in [3.8, 4) is 0 Å². The maximum atomic E-state index is 13.3. The van der Waals surface area contributed by atoms with Gasteiger partial charge in [0, 0.05) is 16.6 Å². The van der Waals surface area contributed by atoms with Crippen LogP contribution < -0.4 is 21.9 Å². The number of H-pyrrole nitrogens is 1. The predicted octanol–water partition coefficient (Wildman–Crippen LogP) is 3.85. The molecule has 9 heteroatoms. The van der Waals surface area contributed by atoms with Gasteiger partial charge in [-0.25, -0.2) is 4.79 Å². The van der Waals surface area contributed by atoms with Crippen LogP contribution in [0, 0.1) is 0 Å². The third kappa shape index (κ3) is 5.41. The number of nitrogen functional groups attached to an aromatic ring is 1. The number of carbonyl (C=O) groups excluding carboxylic acids is 1. The van der Waals surface area contributed by atoms with E-state index < -0.39 is 11.2 Å². The smallest absolute Gasteiger partial charge is 0.330 e. The lowest BCUT2D eigenvalue weighted by Gasteiger charge is -2.25. The Balaban J connectivity index is 2.02. The third-order valence-corrected chi connectivity index (χ3v) is 5.65. The Kier molecular flexibility index (Phi) is 7.77. The summed E-state index contributed by atoms with van der Waals surface area (Å²) >= 11 is 12.2. The molecular formula is C23H24Cl2N4O3. The van der Waals surface area contributed by atoms with Crippen LogP contribution in [0.3, 0.4) is 0 Å². The van der Waals surface area contributed by atoms with E-state index >= 15 is 0 Å². The topological polar surface area (TPSA) is 101 Å². The molecule has 0 aliphatic heterocycles. The first kappa shape index (κ1) is 23.6. The molecule has 1 heterocycles. The van der Waals surface area contributed by atoms with Gasteiger partial charge >= 0.3 is 5.69 Å². The minimum Gasteiger partial charge on any atom is -0.383 e. The quantitative estimate of drug-likeness (QED) is 0.517. The summed E-state index contributed by atoms with van der Waals surface area (Å²) in [7, 11) is 0. The van der Waals surface area contributed by atoms with Gasteiger partial charge < -0.3 is 10.6 Å². The summed E-state index contributed by atoms with van der Waals surface area (Å²) in [5, 5.41) is 0.819. The summed E-state index contributed by atoms with van der Waals surface area (Å²) in [4.78, 5) is 42.1. The van der Waals surface area contributed by atoms with Crippen molar-refractivity contribution in [3.63, 3.8) is 0 Å². The first-order valence-electron chi connectivity index (χ1n) is 10.2. The van der Waals surface area contributed by atoms with Crippen molar-refractivity contribution in [3.05, 3.63) is 90.5 Å². The SMILES string of the molecule is CCCCN(C(=O)Cc1ccc(Cl)cc1Cl)c1c(N)n(Cc2ccccc2)c(=O)[nH]c1=O. The van der Waals surface area contributed by atoms with Gasteiger partial charge in [-0.05, 0) is 29.7 Å². The average Bonchev–Trinajstić information content (AvgIpc) is 2.76. The Morgan fingerprint density at radius 1 is 1.12 bits per heavy atom. The molecule has 32 heavy (non-hydrogen) atoms. The molecule has 2 aromatic carbocycles. The lowest BCUT2D eigenvalue weighted by Crippen LogP contribution is -2.42. The van der Waals surface area contributed by atoms with Gasteiger partial charge in [0.2, 0.25) is 5.91 Å². The highest BCUT2D eigenvalue weighted by Crippen LogP contribution is 2.24. The molecule has 1 aromatic heterocycles. The Morgan fingerprint density at radius 2 is 1.84 bits per heavy atom. The van der Waals surface area contributed by atoms with Crippen molar-refractivity contribution in [1.29, 1.82) is 0 Å². The number of amides is 1. The van der Waals surface area contributed by atoms with Gasteiger partial charge in [0.1, 0.15) is 5.82 Å². The van der Waals surface area contributed by atoms with Gasteiger partial charge in [0.15, 0.2) is 5.69 Å². The van der Waals surface area contributed by atoms with E-state index in [9.17, 15) is 14.4 Å². The number of anilines is 2. The molecule has 1 amide bonds. The highest BCUT2D eigenvalue weighted by Gasteiger charge is 2.24. The molecule has 0 saturated heterocycles. The number of carbonyl (C=O) groups is 1. The van der Waals surface area contributed by atoms with Crippen molar-refractivity contribution in [1.82, 2.24) is 9.55 Å². The molecule has 0 atom stereocenters. The van der Waals surface area contributed by atoms with Gasteiger partial charge in [-0.2, -0.15) is 0 Å². The Bertz CT molecular complexity index is 1220. The summed E-state index contributed by atoms with van der Waals surface area (Å²) in [6.45, 7) is 2.41. The average molecular weight is 475 g/mol. The fraction of sp³-hybridized carbons (Fsp3) is 0.261. The monoisotopic (exact) mass is 474 g/mol. The Hall–Kier alpha value is -3.03. The first-order valence-corrected chi connectivity index (χ1v) is 11.0. The molecule has 168 valence electrons. The van der Waals surface area contributed by atoms with Crippen molar-refractivity contribution >= 4 is 40.6 Å². The predicted molar refractivity (Wildman–Crippen MR) is 129 cm³/mol. The van der Waals surface area contributed by atoms with E-state index in [4.69, 9.17) is 28.9 Å². The molecule has 0 aliphatic rings. The molecule has 3 aromatic rings. The molecule has 0 fully saturated rings. The number of hydrogen-bond acceptors (Lipinski definition) is 4. The van der Waals surface area contributed by atoms with Gasteiger partial charge in [0.05, 0.1) is 13.0 Å². The molecule has 0 bridgehead atoms. The highest BCUT2D eigenvalue weighted by molar-refractivity contribution is 6.35. The maximum absolute atomic E-state index is 13.3. The van der Waals surface area contributed by atoms with Crippen LogP contribution in [-0.2, 0) is 17.8 Å². The molecule has 0 aliphatic carbocycles. The van der Waals surface area contributed by atoms with Gasteiger partial charge in [-0.1, -0.05) is 72.9 Å². The minimum atomic E-state index is -0.705. The molecular weight excluding hydrogens is 451 g/mol. The van der Waals surface area contributed by atoms with E-state index in [-0.39, 0.29) is 36.9 Å². The van der Waals surface area contributed by atoms with Crippen LogP contribution >= 0.6 is 23.2 Å². The highest BCUT2D eigenvalue weighted by atomic mass is 35.5. The summed E-state index contributed by atoms with van der Waals surface area (Å²) in [6, 6.07) is 14.1. The number of unbranched alkanes of at least 4 members (excludes halogenated alkanes) is 1. The number of nitrogens with two attached hydrogens (primary N) is 1. The lowest BCUT2D eigenvalue weighted by molar-refractivity contribution is -0.118. The third-order valence-electron chi connectivity index (χ3n) is 5.06. The van der Waals surface area contributed by atoms with Crippen LogP contribution in [0.1, 0.15) is 30.9 Å². The number of rotatable bonds is 8. The van der Waals surface area contributed by atoms with Crippen LogP contribution in [0.5, 0.6) is 0 Å². The number of aromatic nitrogens is 2. The van der Waals surface area contributed by atoms with E-state index in [1.165, 1.54) is 9.47 Å². The number of halogens is 2. The van der Waals surface area contributed by atoms with Crippen molar-refractivity contribution in [2.24, 2.45) is 0 Å². The zero-order valence-electron chi connectivity index (χ0n) is 17.6. The minimum absolute atomic E-state index is 0.0379. The van der Waals surface area contributed by atoms with E-state index in [1.807, 2.05) is 37.3 Å². The van der Waals surface area contributed by atoms with Crippen molar-refractivity contribution in [2.75, 3.05) is 17.2 Å². The fourth-order valence-electron chi connectivity index (χ4n) is 3.36. The molecule has 3 N–H and O–H groups in total. The molecule has 0 spiro atoms. The van der Waals surface area contributed by atoms with E-state index in [2.05, 4.69) is 4.98 Å². The van der Waals surface area contributed by atoms with E-state index in [1.54, 1.807) is 18.2 Å². The van der Waals surface area contributed by atoms with Crippen LogP contribution in [0.25, 0.3) is 0 Å². The summed E-state index contributed by atoms with van der Waals surface area (Å²) < 4.78 is 1.26. The second-order valence-corrected chi connectivity index (χ2v) is 8.22. The van der Waals surface area contributed by atoms with Crippen molar-refractivity contribution in [2.45, 2.75) is 32.7 Å². The maximum Gasteiger partial charge on any atom is 0.330 e. The molecule has 0 saturated carbocycles. The summed E-state index contributed by atoms with van der Waals surface area (Å²) in [6.07, 6.45) is 1.40. The van der Waals surface area contributed by atoms with Crippen LogP contribution in [-0.4, -0.2) is 22.0 Å². The molecule has 0 unspecified atom stereocenters. The van der Waals surface area contributed by atoms with Gasteiger partial charge in [-0.3, -0.25) is 19.1 Å². The molecule has 0 radical (unpaired) electrons. The fourth-order valence-corrected chi connectivity index (χ4v) is 3.84. The zero-order chi connectivity index (χ0) is 23.3. The van der Waals surface area contributed by atoms with E-state index in [0.717, 1.165) is 12.0 Å². The van der Waals surface area contributed by atoms with Crippen molar-refractivity contribution < 1.29 is 4.79 Å². The summed E-state index contributed by atoms with van der Waals surface area (Å²) in [5.41, 5.74) is 6.32. The number of nitrogens with zero attached hydrogens (tertiary/aromatic N) is 2. The normalized spacial score (nSPS) is 10.8. The summed E-state index contributed by atoms with van der Waals surface area (Å²) in [5.74, 6) is -0.418. The Labute approximate surface area is 195 Å². The second-order valence-electron chi connectivity index (χ2n) is 7.38. The van der Waals surface area contributed by atoms with Crippen LogP contribution in [0.15, 0.2) is 58.1 Å². The van der Waals surface area contributed by atoms with Crippen LogP contribution in [0.2, 0.25) is 10.0 Å². The van der Waals surface area contributed by atoms with Gasteiger partial charge in [0.25, 0.3) is 5.56 Å². The molecule has 7 nitrogen and oxygen atoms in total. The lowest BCUT2D eigenvalue weighted by atomic mass is 10.1. The number of nitrogens with one attached hydrogen (secondary N) is 1. The largest absolute Gasteiger partial charge is 0.383 e.